The molecule has 3 aromatic rings. The van der Waals surface area contributed by atoms with Gasteiger partial charge in [-0.05, 0) is 49.5 Å². The van der Waals surface area contributed by atoms with Gasteiger partial charge in [0.1, 0.15) is 11.9 Å². The number of aryl methyl sites for hydroxylation is 1. The number of aromatic nitrogens is 1. The van der Waals surface area contributed by atoms with Crippen molar-refractivity contribution in [2.24, 2.45) is 4.99 Å². The summed E-state index contributed by atoms with van der Waals surface area (Å²) in [5.74, 6) is -1.34. The standard InChI is InChI=1S/C19H16FN3O4/c1-11-3-5-16-17(7-11)27-19(25)23(16)15-6-4-12(8-14(15)20)22-10-13(9-21-2)26-18(22)24/h3-8,13H,2,9-10H2,1H3/t13-/m0/s1. The summed E-state index contributed by atoms with van der Waals surface area (Å²) >= 11 is 0. The number of fused-ring (bicyclic) bond motifs is 1. The number of cyclic esters (lactones) is 1. The summed E-state index contributed by atoms with van der Waals surface area (Å²) in [5, 5.41) is 0. The lowest BCUT2D eigenvalue weighted by molar-refractivity contribution is 0.145. The van der Waals surface area contributed by atoms with Gasteiger partial charge in [0, 0.05) is 0 Å². The Kier molecular flexibility index (Phi) is 4.02. The molecule has 2 heterocycles. The van der Waals surface area contributed by atoms with Gasteiger partial charge in [0.2, 0.25) is 0 Å². The fourth-order valence-electron chi connectivity index (χ4n) is 3.17. The molecule has 0 saturated carbocycles. The van der Waals surface area contributed by atoms with Gasteiger partial charge in [-0.15, -0.1) is 0 Å². The molecule has 2 aromatic carbocycles. The molecule has 138 valence electrons. The van der Waals surface area contributed by atoms with E-state index in [9.17, 15) is 14.0 Å². The minimum absolute atomic E-state index is 0.0447. The number of benzene rings is 2. The summed E-state index contributed by atoms with van der Waals surface area (Å²) in [7, 11) is 0. The van der Waals surface area contributed by atoms with E-state index in [1.54, 1.807) is 18.2 Å². The molecule has 4 rings (SSSR count). The van der Waals surface area contributed by atoms with Gasteiger partial charge in [0.25, 0.3) is 0 Å². The van der Waals surface area contributed by atoms with Crippen LogP contribution in [0.2, 0.25) is 0 Å². The molecule has 8 heteroatoms. The molecule has 0 N–H and O–H groups in total. The van der Waals surface area contributed by atoms with Gasteiger partial charge in [-0.2, -0.15) is 0 Å². The number of aliphatic imine (C=N–C) groups is 1. The number of carbonyl (C=O) groups excluding carboxylic acids is 1. The Morgan fingerprint density at radius 3 is 2.81 bits per heavy atom. The first-order valence-electron chi connectivity index (χ1n) is 8.30. The summed E-state index contributed by atoms with van der Waals surface area (Å²) in [6.07, 6.45) is -0.987. The molecule has 0 spiro atoms. The normalized spacial score (nSPS) is 16.7. The fraction of sp³-hybridized carbons (Fsp3) is 0.211. The van der Waals surface area contributed by atoms with E-state index in [4.69, 9.17) is 9.15 Å². The average molecular weight is 369 g/mol. The summed E-state index contributed by atoms with van der Waals surface area (Å²) in [6, 6.07) is 9.42. The lowest BCUT2D eigenvalue weighted by Crippen LogP contribution is -2.25. The SMILES string of the molecule is C=NC[C@H]1CN(c2ccc(-n3c(=O)oc4cc(C)ccc43)c(F)c2)C(=O)O1. The van der Waals surface area contributed by atoms with Crippen molar-refractivity contribution in [3.05, 3.63) is 58.3 Å². The van der Waals surface area contributed by atoms with Crippen LogP contribution in [-0.2, 0) is 4.74 Å². The van der Waals surface area contributed by atoms with E-state index < -0.39 is 23.8 Å². The van der Waals surface area contributed by atoms with Crippen LogP contribution in [0.15, 0.2) is 50.6 Å². The molecule has 0 radical (unpaired) electrons. The van der Waals surface area contributed by atoms with Gasteiger partial charge >= 0.3 is 11.8 Å². The molecule has 1 aliphatic rings. The number of ether oxygens (including phenoxy) is 1. The van der Waals surface area contributed by atoms with Crippen molar-refractivity contribution in [3.8, 4) is 5.69 Å². The van der Waals surface area contributed by atoms with Gasteiger partial charge in [0.05, 0.1) is 30.0 Å². The van der Waals surface area contributed by atoms with Gasteiger partial charge in [-0.1, -0.05) is 6.07 Å². The van der Waals surface area contributed by atoms with Crippen molar-refractivity contribution >= 4 is 29.6 Å². The molecule has 1 atom stereocenters. The number of halogens is 1. The van der Waals surface area contributed by atoms with Crippen molar-refractivity contribution in [1.82, 2.24) is 4.57 Å². The van der Waals surface area contributed by atoms with Crippen molar-refractivity contribution in [3.63, 3.8) is 0 Å². The molecular weight excluding hydrogens is 353 g/mol. The number of hydrogen-bond acceptors (Lipinski definition) is 5. The van der Waals surface area contributed by atoms with E-state index in [2.05, 4.69) is 11.7 Å². The molecule has 1 fully saturated rings. The van der Waals surface area contributed by atoms with Crippen molar-refractivity contribution in [2.75, 3.05) is 18.0 Å². The molecule has 1 saturated heterocycles. The Bertz CT molecular complexity index is 1120. The number of carbonyl (C=O) groups is 1. The van der Waals surface area contributed by atoms with E-state index in [0.29, 0.717) is 16.8 Å². The maximum absolute atomic E-state index is 14.8. The third-order valence-corrected chi connectivity index (χ3v) is 4.43. The Balaban J connectivity index is 1.73. The molecule has 0 unspecified atom stereocenters. The third kappa shape index (κ3) is 2.88. The second kappa shape index (κ2) is 6.39. The topological polar surface area (TPSA) is 77.0 Å². The lowest BCUT2D eigenvalue weighted by atomic mass is 10.2. The quantitative estimate of drug-likeness (QED) is 0.662. The first-order chi connectivity index (χ1) is 13.0. The highest BCUT2D eigenvalue weighted by molar-refractivity contribution is 5.90. The molecular formula is C19H16FN3O4. The van der Waals surface area contributed by atoms with Crippen molar-refractivity contribution in [2.45, 2.75) is 13.0 Å². The van der Waals surface area contributed by atoms with Gasteiger partial charge < -0.3 is 9.15 Å². The minimum atomic E-state index is -0.681. The van der Waals surface area contributed by atoms with Crippen LogP contribution >= 0.6 is 0 Å². The van der Waals surface area contributed by atoms with Crippen molar-refractivity contribution in [1.29, 1.82) is 0 Å². The molecule has 0 aliphatic carbocycles. The smallest absolute Gasteiger partial charge is 0.424 e. The van der Waals surface area contributed by atoms with Crippen LogP contribution in [0.4, 0.5) is 14.9 Å². The highest BCUT2D eigenvalue weighted by Gasteiger charge is 2.32. The zero-order valence-electron chi connectivity index (χ0n) is 14.5. The first-order valence-corrected chi connectivity index (χ1v) is 8.30. The second-order valence-electron chi connectivity index (χ2n) is 6.33. The zero-order chi connectivity index (χ0) is 19.1. The Hall–Kier alpha value is -3.42. The first kappa shape index (κ1) is 17.0. The maximum atomic E-state index is 14.8. The van der Waals surface area contributed by atoms with E-state index in [1.165, 1.54) is 21.6 Å². The van der Waals surface area contributed by atoms with Crippen LogP contribution in [0.5, 0.6) is 0 Å². The summed E-state index contributed by atoms with van der Waals surface area (Å²) in [5.41, 5.74) is 2.16. The minimum Gasteiger partial charge on any atom is -0.442 e. The van der Waals surface area contributed by atoms with Crippen LogP contribution in [-0.4, -0.2) is 36.6 Å². The molecule has 27 heavy (non-hydrogen) atoms. The third-order valence-electron chi connectivity index (χ3n) is 4.43. The van der Waals surface area contributed by atoms with Crippen LogP contribution in [0.25, 0.3) is 16.8 Å². The molecule has 7 nitrogen and oxygen atoms in total. The van der Waals surface area contributed by atoms with Gasteiger partial charge in [-0.25, -0.2) is 18.5 Å². The van der Waals surface area contributed by atoms with E-state index in [1.807, 2.05) is 13.0 Å². The highest BCUT2D eigenvalue weighted by Crippen LogP contribution is 2.27. The predicted molar refractivity (Wildman–Crippen MR) is 98.5 cm³/mol. The van der Waals surface area contributed by atoms with Gasteiger partial charge in [-0.3, -0.25) is 9.89 Å². The van der Waals surface area contributed by atoms with Crippen LogP contribution in [0.1, 0.15) is 5.56 Å². The number of oxazole rings is 1. The van der Waals surface area contributed by atoms with E-state index in [0.717, 1.165) is 5.56 Å². The largest absolute Gasteiger partial charge is 0.442 e. The summed E-state index contributed by atoms with van der Waals surface area (Å²) < 4.78 is 26.4. The fourth-order valence-corrected chi connectivity index (χ4v) is 3.17. The lowest BCUT2D eigenvalue weighted by Gasteiger charge is -2.14. The maximum Gasteiger partial charge on any atom is 0.424 e. The number of anilines is 1. The molecule has 0 bridgehead atoms. The summed E-state index contributed by atoms with van der Waals surface area (Å²) in [4.78, 5) is 29.3. The highest BCUT2D eigenvalue weighted by atomic mass is 19.1. The summed E-state index contributed by atoms with van der Waals surface area (Å²) in [6.45, 7) is 5.78. The number of rotatable bonds is 4. The average Bonchev–Trinajstić information content (AvgIpc) is 3.14. The van der Waals surface area contributed by atoms with Crippen LogP contribution in [0, 0.1) is 12.7 Å². The van der Waals surface area contributed by atoms with Crippen LogP contribution < -0.4 is 10.7 Å². The number of hydrogen-bond donors (Lipinski definition) is 0. The molecule has 1 aromatic heterocycles. The molecule has 1 aliphatic heterocycles. The number of nitrogens with zero attached hydrogens (tertiary/aromatic N) is 3. The van der Waals surface area contributed by atoms with E-state index >= 15 is 0 Å². The van der Waals surface area contributed by atoms with Gasteiger partial charge in [0.15, 0.2) is 5.58 Å². The number of amides is 1. The van der Waals surface area contributed by atoms with Crippen molar-refractivity contribution < 1.29 is 18.3 Å². The monoisotopic (exact) mass is 369 g/mol. The predicted octanol–water partition coefficient (Wildman–Crippen LogP) is 3.06. The second-order valence-corrected chi connectivity index (χ2v) is 6.33. The Morgan fingerprint density at radius 2 is 2.07 bits per heavy atom. The Labute approximate surface area is 153 Å². The van der Waals surface area contributed by atoms with Crippen LogP contribution in [0.3, 0.4) is 0 Å². The van der Waals surface area contributed by atoms with E-state index in [-0.39, 0.29) is 18.8 Å². The zero-order valence-corrected chi connectivity index (χ0v) is 14.5. The Morgan fingerprint density at radius 1 is 1.26 bits per heavy atom. The molecule has 1 amide bonds.